The third kappa shape index (κ3) is 1.61. The van der Waals surface area contributed by atoms with Gasteiger partial charge in [-0.25, -0.2) is 0 Å². The summed E-state index contributed by atoms with van der Waals surface area (Å²) in [4.78, 5) is 14.7. The van der Waals surface area contributed by atoms with E-state index in [1.54, 1.807) is 0 Å². The minimum Gasteiger partial charge on any atom is -0.463 e. The molecule has 0 aliphatic carbocycles. The van der Waals surface area contributed by atoms with Crippen molar-refractivity contribution >= 4 is 10.9 Å². The number of aromatic amines is 1. The SMILES string of the molecule is CCOC1Cc2c(c3ccccc3[nH]c2=O)O1. The molecule has 1 unspecified atom stereocenters. The summed E-state index contributed by atoms with van der Waals surface area (Å²) in [6.07, 6.45) is 0.186. The lowest BCUT2D eigenvalue weighted by Gasteiger charge is -2.10. The van der Waals surface area contributed by atoms with Crippen molar-refractivity contribution < 1.29 is 9.47 Å². The minimum absolute atomic E-state index is 0.0825. The van der Waals surface area contributed by atoms with Crippen molar-refractivity contribution in [1.29, 1.82) is 0 Å². The van der Waals surface area contributed by atoms with Gasteiger partial charge in [-0.05, 0) is 19.1 Å². The zero-order valence-corrected chi connectivity index (χ0v) is 9.53. The Morgan fingerprint density at radius 2 is 2.29 bits per heavy atom. The number of hydrogen-bond acceptors (Lipinski definition) is 3. The van der Waals surface area contributed by atoms with E-state index in [9.17, 15) is 4.79 Å². The van der Waals surface area contributed by atoms with Crippen LogP contribution in [0.1, 0.15) is 12.5 Å². The molecule has 1 aliphatic heterocycles. The van der Waals surface area contributed by atoms with Gasteiger partial charge in [-0.1, -0.05) is 12.1 Å². The fraction of sp³-hybridized carbons (Fsp3) is 0.308. The number of nitrogens with one attached hydrogen (secondary N) is 1. The third-order valence-corrected chi connectivity index (χ3v) is 2.94. The minimum atomic E-state index is -0.332. The zero-order chi connectivity index (χ0) is 11.8. The molecule has 0 saturated heterocycles. The van der Waals surface area contributed by atoms with E-state index in [2.05, 4.69) is 4.98 Å². The lowest BCUT2D eigenvalue weighted by molar-refractivity contribution is -0.0596. The first-order valence-electron chi connectivity index (χ1n) is 5.71. The largest absolute Gasteiger partial charge is 0.463 e. The van der Waals surface area contributed by atoms with Crippen LogP contribution in [0.3, 0.4) is 0 Å². The van der Waals surface area contributed by atoms with Crippen molar-refractivity contribution in [3.05, 3.63) is 40.2 Å². The Balaban J connectivity index is 2.17. The molecule has 17 heavy (non-hydrogen) atoms. The molecular formula is C13H13NO3. The van der Waals surface area contributed by atoms with Crippen LogP contribution in [0.5, 0.6) is 5.75 Å². The summed E-state index contributed by atoms with van der Waals surface area (Å²) in [6.45, 7) is 2.49. The van der Waals surface area contributed by atoms with E-state index in [-0.39, 0.29) is 11.8 Å². The number of benzene rings is 1. The molecule has 4 heteroatoms. The second-order valence-electron chi connectivity index (χ2n) is 4.01. The highest BCUT2D eigenvalue weighted by molar-refractivity contribution is 5.86. The van der Waals surface area contributed by atoms with E-state index < -0.39 is 0 Å². The molecule has 1 aliphatic rings. The summed E-state index contributed by atoms with van der Waals surface area (Å²) in [5.74, 6) is 0.669. The fourth-order valence-corrected chi connectivity index (χ4v) is 2.19. The zero-order valence-electron chi connectivity index (χ0n) is 9.53. The van der Waals surface area contributed by atoms with Gasteiger partial charge in [-0.3, -0.25) is 4.79 Å². The van der Waals surface area contributed by atoms with Gasteiger partial charge in [0.1, 0.15) is 5.75 Å². The van der Waals surface area contributed by atoms with E-state index in [1.807, 2.05) is 31.2 Å². The van der Waals surface area contributed by atoms with Crippen molar-refractivity contribution in [3.63, 3.8) is 0 Å². The summed E-state index contributed by atoms with van der Waals surface area (Å²) in [5.41, 5.74) is 1.40. The van der Waals surface area contributed by atoms with E-state index in [4.69, 9.17) is 9.47 Å². The number of aromatic nitrogens is 1. The second-order valence-corrected chi connectivity index (χ2v) is 4.01. The smallest absolute Gasteiger partial charge is 0.255 e. The molecule has 0 fully saturated rings. The topological polar surface area (TPSA) is 51.3 Å². The molecule has 0 radical (unpaired) electrons. The van der Waals surface area contributed by atoms with Crippen LogP contribution in [0, 0.1) is 0 Å². The van der Waals surface area contributed by atoms with Crippen LogP contribution in [0.15, 0.2) is 29.1 Å². The van der Waals surface area contributed by atoms with E-state index in [1.165, 1.54) is 0 Å². The second kappa shape index (κ2) is 3.89. The molecule has 0 bridgehead atoms. The molecule has 1 aromatic heterocycles. The highest BCUT2D eigenvalue weighted by Crippen LogP contribution is 2.33. The van der Waals surface area contributed by atoms with Gasteiger partial charge in [-0.2, -0.15) is 0 Å². The van der Waals surface area contributed by atoms with E-state index in [0.717, 1.165) is 10.9 Å². The summed E-state index contributed by atoms with van der Waals surface area (Å²) in [7, 11) is 0. The molecule has 1 N–H and O–H groups in total. The number of para-hydroxylation sites is 1. The van der Waals surface area contributed by atoms with Gasteiger partial charge >= 0.3 is 0 Å². The highest BCUT2D eigenvalue weighted by Gasteiger charge is 2.27. The molecule has 88 valence electrons. The van der Waals surface area contributed by atoms with Gasteiger partial charge in [0.05, 0.1) is 11.1 Å². The summed E-state index contributed by atoms with van der Waals surface area (Å²) < 4.78 is 11.1. The average molecular weight is 231 g/mol. The number of H-pyrrole nitrogens is 1. The number of rotatable bonds is 2. The molecule has 0 spiro atoms. The monoisotopic (exact) mass is 231 g/mol. The van der Waals surface area contributed by atoms with Crippen LogP contribution in [-0.2, 0) is 11.2 Å². The molecule has 4 nitrogen and oxygen atoms in total. The quantitative estimate of drug-likeness (QED) is 0.857. The van der Waals surface area contributed by atoms with Crippen molar-refractivity contribution in [1.82, 2.24) is 4.98 Å². The Bertz CT molecular complexity index is 618. The first-order chi connectivity index (χ1) is 8.29. The molecule has 0 amide bonds. The van der Waals surface area contributed by atoms with Crippen molar-refractivity contribution in [2.24, 2.45) is 0 Å². The Morgan fingerprint density at radius 1 is 1.47 bits per heavy atom. The van der Waals surface area contributed by atoms with Crippen LogP contribution in [0.4, 0.5) is 0 Å². The summed E-state index contributed by atoms with van der Waals surface area (Å²) in [6, 6.07) is 7.63. The maximum Gasteiger partial charge on any atom is 0.255 e. The predicted octanol–water partition coefficient (Wildman–Crippen LogP) is 1.83. The fourth-order valence-electron chi connectivity index (χ4n) is 2.19. The van der Waals surface area contributed by atoms with Gasteiger partial charge in [-0.15, -0.1) is 0 Å². The highest BCUT2D eigenvalue weighted by atomic mass is 16.7. The van der Waals surface area contributed by atoms with Crippen molar-refractivity contribution in [2.75, 3.05) is 6.61 Å². The Labute approximate surface area is 98.2 Å². The normalized spacial score (nSPS) is 18.1. The molecule has 0 saturated carbocycles. The van der Waals surface area contributed by atoms with E-state index in [0.29, 0.717) is 24.3 Å². The first kappa shape index (κ1) is 10.4. The molecular weight excluding hydrogens is 218 g/mol. The van der Waals surface area contributed by atoms with Gasteiger partial charge in [0.2, 0.25) is 6.29 Å². The van der Waals surface area contributed by atoms with Crippen molar-refractivity contribution in [3.8, 4) is 5.75 Å². The van der Waals surface area contributed by atoms with Crippen LogP contribution in [0.25, 0.3) is 10.9 Å². The maximum atomic E-state index is 11.9. The third-order valence-electron chi connectivity index (χ3n) is 2.94. The van der Waals surface area contributed by atoms with Crippen LogP contribution < -0.4 is 10.3 Å². The molecule has 1 atom stereocenters. The van der Waals surface area contributed by atoms with Crippen LogP contribution in [-0.4, -0.2) is 17.9 Å². The van der Waals surface area contributed by atoms with Crippen molar-refractivity contribution in [2.45, 2.75) is 19.6 Å². The summed E-state index contributed by atoms with van der Waals surface area (Å²) >= 11 is 0. The maximum absolute atomic E-state index is 11.9. The first-order valence-corrected chi connectivity index (χ1v) is 5.71. The summed E-state index contributed by atoms with van der Waals surface area (Å²) in [5, 5.41) is 0.935. The number of pyridine rings is 1. The van der Waals surface area contributed by atoms with Crippen LogP contribution >= 0.6 is 0 Å². The predicted molar refractivity (Wildman–Crippen MR) is 64.3 cm³/mol. The molecule has 1 aromatic carbocycles. The van der Waals surface area contributed by atoms with Gasteiger partial charge in [0.25, 0.3) is 5.56 Å². The van der Waals surface area contributed by atoms with Gasteiger partial charge in [0.15, 0.2) is 0 Å². The number of fused-ring (bicyclic) bond motifs is 3. The van der Waals surface area contributed by atoms with Crippen LogP contribution in [0.2, 0.25) is 0 Å². The Hall–Kier alpha value is -1.81. The standard InChI is InChI=1S/C13H13NO3/c1-2-16-11-7-9-12(17-11)8-5-3-4-6-10(8)14-13(9)15/h3-6,11H,2,7H2,1H3,(H,14,15). The lowest BCUT2D eigenvalue weighted by atomic mass is 10.1. The van der Waals surface area contributed by atoms with Gasteiger partial charge in [0, 0.05) is 18.4 Å². The molecule has 3 rings (SSSR count). The van der Waals surface area contributed by atoms with E-state index >= 15 is 0 Å². The molecule has 2 aromatic rings. The van der Waals surface area contributed by atoms with Gasteiger partial charge < -0.3 is 14.5 Å². The Kier molecular flexibility index (Phi) is 2.37. The number of ether oxygens (including phenoxy) is 2. The molecule has 2 heterocycles. The Morgan fingerprint density at radius 3 is 3.12 bits per heavy atom. The average Bonchev–Trinajstić information content (AvgIpc) is 2.74. The lowest BCUT2D eigenvalue weighted by Crippen LogP contribution is -2.18. The number of hydrogen-bond donors (Lipinski definition) is 1.